The van der Waals surface area contributed by atoms with Gasteiger partial charge >= 0.3 is 5.69 Å². The quantitative estimate of drug-likeness (QED) is 0.467. The van der Waals surface area contributed by atoms with Crippen LogP contribution in [-0.4, -0.2) is 38.0 Å². The van der Waals surface area contributed by atoms with Crippen LogP contribution in [0.2, 0.25) is 0 Å². The predicted molar refractivity (Wildman–Crippen MR) is 128 cm³/mol. The van der Waals surface area contributed by atoms with E-state index >= 15 is 0 Å². The maximum atomic E-state index is 12.8. The number of rotatable bonds is 5. The van der Waals surface area contributed by atoms with Crippen LogP contribution >= 0.6 is 0 Å². The van der Waals surface area contributed by atoms with E-state index in [1.165, 1.54) is 0 Å². The van der Waals surface area contributed by atoms with Gasteiger partial charge in [-0.25, -0.2) is 4.79 Å². The Balaban J connectivity index is 1.24. The minimum Gasteiger partial charge on any atom is -0.467 e. The molecule has 0 bridgehead atoms. The van der Waals surface area contributed by atoms with Gasteiger partial charge in [-0.15, -0.1) is 0 Å². The lowest BCUT2D eigenvalue weighted by atomic mass is 10.0. The molecule has 170 valence electrons. The summed E-state index contributed by atoms with van der Waals surface area (Å²) in [6.07, 6.45) is 6.77. The van der Waals surface area contributed by atoms with Crippen LogP contribution in [0.3, 0.4) is 0 Å². The van der Waals surface area contributed by atoms with Crippen molar-refractivity contribution in [1.82, 2.24) is 19.0 Å². The van der Waals surface area contributed by atoms with Crippen LogP contribution in [0.5, 0.6) is 0 Å². The van der Waals surface area contributed by atoms with Gasteiger partial charge in [0, 0.05) is 36.6 Å². The van der Waals surface area contributed by atoms with Gasteiger partial charge in [0.2, 0.25) is 5.91 Å². The van der Waals surface area contributed by atoms with Gasteiger partial charge in [-0.2, -0.15) is 0 Å². The maximum Gasteiger partial charge on any atom is 0.326 e. The van der Waals surface area contributed by atoms with Gasteiger partial charge in [0.15, 0.2) is 0 Å². The molecule has 1 N–H and O–H groups in total. The molecule has 3 aromatic heterocycles. The first-order valence-corrected chi connectivity index (χ1v) is 11.4. The molecule has 0 atom stereocenters. The van der Waals surface area contributed by atoms with Crippen molar-refractivity contribution < 1.29 is 9.21 Å². The van der Waals surface area contributed by atoms with E-state index in [9.17, 15) is 9.59 Å². The summed E-state index contributed by atoms with van der Waals surface area (Å²) in [6.45, 7) is 6.07. The van der Waals surface area contributed by atoms with E-state index in [1.54, 1.807) is 12.3 Å². The molecule has 1 fully saturated rings. The number of likely N-dealkylation sites (tertiary alicyclic amines) is 1. The summed E-state index contributed by atoms with van der Waals surface area (Å²) in [5.41, 5.74) is 4.97. The van der Waals surface area contributed by atoms with Gasteiger partial charge in [0.25, 0.3) is 0 Å². The zero-order chi connectivity index (χ0) is 22.9. The number of nitrogens with zero attached hydrogens (tertiary/aromatic N) is 3. The number of amides is 1. The fraction of sp³-hybridized carbons (Fsp3) is 0.308. The largest absolute Gasteiger partial charge is 0.467 e. The van der Waals surface area contributed by atoms with Crippen molar-refractivity contribution in [2.45, 2.75) is 39.3 Å². The monoisotopic (exact) mass is 444 g/mol. The van der Waals surface area contributed by atoms with Crippen molar-refractivity contribution in [2.75, 3.05) is 13.1 Å². The van der Waals surface area contributed by atoms with Gasteiger partial charge in [-0.1, -0.05) is 12.1 Å². The number of nitrogens with one attached hydrogen (secondary N) is 1. The number of hydrogen-bond donors (Lipinski definition) is 1. The molecule has 33 heavy (non-hydrogen) atoms. The predicted octanol–water partition coefficient (Wildman–Crippen LogP) is 4.27. The van der Waals surface area contributed by atoms with Crippen LogP contribution in [0.25, 0.3) is 17.1 Å². The number of imidazole rings is 1. The Morgan fingerprint density at radius 2 is 1.94 bits per heavy atom. The van der Waals surface area contributed by atoms with Crippen LogP contribution in [0, 0.1) is 13.8 Å². The highest BCUT2D eigenvalue weighted by Crippen LogP contribution is 2.25. The second-order valence-corrected chi connectivity index (χ2v) is 8.70. The highest BCUT2D eigenvalue weighted by atomic mass is 16.3. The molecule has 0 aliphatic carbocycles. The highest BCUT2D eigenvalue weighted by molar-refractivity contribution is 5.92. The maximum absolute atomic E-state index is 12.8. The van der Waals surface area contributed by atoms with Crippen LogP contribution in [0.1, 0.15) is 41.6 Å². The summed E-state index contributed by atoms with van der Waals surface area (Å²) in [6, 6.07) is 13.8. The van der Waals surface area contributed by atoms with Crippen molar-refractivity contribution in [3.8, 4) is 0 Å². The van der Waals surface area contributed by atoms with Crippen LogP contribution in [-0.2, 0) is 11.3 Å². The average molecular weight is 445 g/mol. The standard InChI is InChI=1S/C26H28N4O3/c1-18-16-20(19(2)29(18)17-22-6-5-15-33-22)9-10-25(31)28-13-11-21(12-14-28)30-24-8-4-3-7-23(24)27-26(30)32/h3-10,15-16,21H,11-14,17H2,1-2H3,(H,27,32)/b10-9+. The zero-order valence-corrected chi connectivity index (χ0v) is 19.0. The van der Waals surface area contributed by atoms with Gasteiger partial charge in [0.05, 0.1) is 23.8 Å². The SMILES string of the molecule is Cc1cc(/C=C/C(=O)N2CCC(n3c(=O)[nH]c4ccccc43)CC2)c(C)n1Cc1ccco1. The van der Waals surface area contributed by atoms with E-state index in [0.29, 0.717) is 19.6 Å². The molecular formula is C26H28N4O3. The number of aryl methyl sites for hydroxylation is 1. The lowest BCUT2D eigenvalue weighted by Crippen LogP contribution is -2.39. The molecule has 4 aromatic rings. The molecule has 5 rings (SSSR count). The number of carbonyl (C=O) groups is 1. The number of aromatic nitrogens is 3. The van der Waals surface area contributed by atoms with E-state index < -0.39 is 0 Å². The van der Waals surface area contributed by atoms with Gasteiger partial charge in [-0.05, 0) is 68.7 Å². The fourth-order valence-corrected chi connectivity index (χ4v) is 4.85. The molecule has 0 spiro atoms. The number of piperidine rings is 1. The number of fused-ring (bicyclic) bond motifs is 1. The Labute approximate surface area is 191 Å². The number of furan rings is 1. The summed E-state index contributed by atoms with van der Waals surface area (Å²) in [5.74, 6) is 0.913. The summed E-state index contributed by atoms with van der Waals surface area (Å²) in [5, 5.41) is 0. The van der Waals surface area contributed by atoms with Gasteiger partial charge in [0.1, 0.15) is 5.76 Å². The fourth-order valence-electron chi connectivity index (χ4n) is 4.85. The third-order valence-electron chi connectivity index (χ3n) is 6.68. The normalized spacial score (nSPS) is 15.2. The number of para-hydroxylation sites is 2. The molecule has 0 unspecified atom stereocenters. The Morgan fingerprint density at radius 1 is 1.15 bits per heavy atom. The van der Waals surface area contributed by atoms with E-state index in [1.807, 2.05) is 51.9 Å². The molecule has 4 heterocycles. The van der Waals surface area contributed by atoms with E-state index in [0.717, 1.165) is 46.6 Å². The average Bonchev–Trinajstić information content (AvgIpc) is 3.52. The number of carbonyl (C=O) groups excluding carboxylic acids is 1. The molecule has 0 radical (unpaired) electrons. The topological polar surface area (TPSA) is 76.2 Å². The second-order valence-electron chi connectivity index (χ2n) is 8.70. The summed E-state index contributed by atoms with van der Waals surface area (Å²) in [4.78, 5) is 30.1. The van der Waals surface area contributed by atoms with Crippen molar-refractivity contribution >= 4 is 23.0 Å². The molecule has 0 saturated carbocycles. The summed E-state index contributed by atoms with van der Waals surface area (Å²) < 4.78 is 9.51. The lowest BCUT2D eigenvalue weighted by molar-refractivity contribution is -0.127. The molecule has 1 amide bonds. The number of aromatic amines is 1. The highest BCUT2D eigenvalue weighted by Gasteiger charge is 2.25. The van der Waals surface area contributed by atoms with Gasteiger partial charge < -0.3 is 18.9 Å². The first-order chi connectivity index (χ1) is 16.0. The first-order valence-electron chi connectivity index (χ1n) is 11.4. The summed E-state index contributed by atoms with van der Waals surface area (Å²) >= 11 is 0. The Morgan fingerprint density at radius 3 is 2.70 bits per heavy atom. The number of benzene rings is 1. The van der Waals surface area contributed by atoms with Crippen molar-refractivity contribution in [3.63, 3.8) is 0 Å². The molecular weight excluding hydrogens is 416 g/mol. The number of H-pyrrole nitrogens is 1. The minimum absolute atomic E-state index is 0.00978. The molecule has 1 aromatic carbocycles. The zero-order valence-electron chi connectivity index (χ0n) is 19.0. The lowest BCUT2D eigenvalue weighted by Gasteiger charge is -2.32. The van der Waals surface area contributed by atoms with Crippen molar-refractivity contribution in [2.24, 2.45) is 0 Å². The third-order valence-corrected chi connectivity index (χ3v) is 6.68. The minimum atomic E-state index is -0.0780. The van der Waals surface area contributed by atoms with Crippen molar-refractivity contribution in [3.05, 3.63) is 88.0 Å². The number of hydrogen-bond acceptors (Lipinski definition) is 3. The second kappa shape index (κ2) is 8.65. The first kappa shape index (κ1) is 21.1. The van der Waals surface area contributed by atoms with E-state index in [2.05, 4.69) is 29.5 Å². The Hall–Kier alpha value is -3.74. The third kappa shape index (κ3) is 4.06. The van der Waals surface area contributed by atoms with Crippen LogP contribution in [0.4, 0.5) is 0 Å². The smallest absolute Gasteiger partial charge is 0.326 e. The van der Waals surface area contributed by atoms with E-state index in [-0.39, 0.29) is 17.6 Å². The Kier molecular flexibility index (Phi) is 5.54. The van der Waals surface area contributed by atoms with Crippen LogP contribution in [0.15, 0.2) is 64.0 Å². The van der Waals surface area contributed by atoms with E-state index in [4.69, 9.17) is 4.42 Å². The molecule has 1 saturated heterocycles. The van der Waals surface area contributed by atoms with Crippen molar-refractivity contribution in [1.29, 1.82) is 0 Å². The molecule has 7 heteroatoms. The molecule has 1 aliphatic heterocycles. The van der Waals surface area contributed by atoms with Crippen LogP contribution < -0.4 is 5.69 Å². The Bertz CT molecular complexity index is 1360. The molecule has 7 nitrogen and oxygen atoms in total. The molecule has 1 aliphatic rings. The summed E-state index contributed by atoms with van der Waals surface area (Å²) in [7, 11) is 0. The van der Waals surface area contributed by atoms with Gasteiger partial charge in [-0.3, -0.25) is 9.36 Å².